The molecule has 2 aromatic heterocycles. The molecule has 146 valence electrons. The summed E-state index contributed by atoms with van der Waals surface area (Å²) in [5.74, 6) is 2.86. The van der Waals surface area contributed by atoms with Crippen LogP contribution in [0.3, 0.4) is 0 Å². The Hall–Kier alpha value is -2.76. The van der Waals surface area contributed by atoms with Gasteiger partial charge in [-0.15, -0.1) is 10.2 Å². The zero-order valence-electron chi connectivity index (χ0n) is 16.3. The van der Waals surface area contributed by atoms with Crippen LogP contribution in [0.5, 0.6) is 5.88 Å². The lowest BCUT2D eigenvalue weighted by atomic mass is 9.86. The highest BCUT2D eigenvalue weighted by molar-refractivity contribution is 5.38. The Morgan fingerprint density at radius 2 is 1.79 bits per heavy atom. The largest absolute Gasteiger partial charge is 0.474 e. The number of nitrogens with zero attached hydrogens (tertiary/aromatic N) is 4. The highest BCUT2D eigenvalue weighted by atomic mass is 19.1. The number of alkyl halides is 1. The molecular formula is C22H25FN4O. The molecule has 2 heterocycles. The first kappa shape index (κ1) is 18.6. The van der Waals surface area contributed by atoms with Gasteiger partial charge in [-0.1, -0.05) is 18.2 Å². The van der Waals surface area contributed by atoms with E-state index in [0.717, 1.165) is 43.0 Å². The number of pyridine rings is 1. The van der Waals surface area contributed by atoms with E-state index in [9.17, 15) is 4.39 Å². The minimum absolute atomic E-state index is 0.189. The zero-order valence-corrected chi connectivity index (χ0v) is 16.3. The SMILES string of the molecule is Cc1nnc([C@H]2CC[C@H](Oc3ccccn3)CC2)n1-c1ccc(C(C)F)cc1. The molecule has 4 rings (SSSR count). The van der Waals surface area contributed by atoms with Crippen molar-refractivity contribution in [1.82, 2.24) is 19.7 Å². The lowest BCUT2D eigenvalue weighted by Gasteiger charge is -2.28. The summed E-state index contributed by atoms with van der Waals surface area (Å²) in [6, 6.07) is 13.3. The van der Waals surface area contributed by atoms with Gasteiger partial charge < -0.3 is 4.74 Å². The summed E-state index contributed by atoms with van der Waals surface area (Å²) in [5, 5.41) is 8.78. The van der Waals surface area contributed by atoms with Gasteiger partial charge in [0.2, 0.25) is 5.88 Å². The number of aryl methyl sites for hydroxylation is 1. The topological polar surface area (TPSA) is 52.8 Å². The Morgan fingerprint density at radius 1 is 1.04 bits per heavy atom. The Balaban J connectivity index is 1.47. The number of halogens is 1. The molecule has 6 heteroatoms. The molecule has 1 aliphatic rings. The minimum Gasteiger partial charge on any atom is -0.474 e. The summed E-state index contributed by atoms with van der Waals surface area (Å²) < 4.78 is 21.6. The van der Waals surface area contributed by atoms with Gasteiger partial charge in [-0.05, 0) is 63.3 Å². The monoisotopic (exact) mass is 380 g/mol. The second-order valence-electron chi connectivity index (χ2n) is 7.41. The third kappa shape index (κ3) is 3.91. The average molecular weight is 380 g/mol. The van der Waals surface area contributed by atoms with Crippen LogP contribution < -0.4 is 4.74 Å². The number of ether oxygens (including phenoxy) is 1. The van der Waals surface area contributed by atoms with Crippen molar-refractivity contribution in [3.05, 3.63) is 65.9 Å². The van der Waals surface area contributed by atoms with Gasteiger partial charge in [0.25, 0.3) is 0 Å². The highest BCUT2D eigenvalue weighted by Gasteiger charge is 2.28. The number of hydrogen-bond acceptors (Lipinski definition) is 4. The third-order valence-electron chi connectivity index (χ3n) is 5.43. The molecule has 28 heavy (non-hydrogen) atoms. The first-order valence-corrected chi connectivity index (χ1v) is 9.86. The van der Waals surface area contributed by atoms with E-state index in [-0.39, 0.29) is 6.10 Å². The van der Waals surface area contributed by atoms with E-state index in [0.29, 0.717) is 17.4 Å². The van der Waals surface area contributed by atoms with Crippen LogP contribution in [-0.2, 0) is 0 Å². The molecule has 1 unspecified atom stereocenters. The molecule has 0 bridgehead atoms. The van der Waals surface area contributed by atoms with Gasteiger partial charge in [0.1, 0.15) is 23.9 Å². The summed E-state index contributed by atoms with van der Waals surface area (Å²) in [5.41, 5.74) is 1.66. The Labute approximate surface area is 164 Å². The van der Waals surface area contributed by atoms with Crippen LogP contribution in [0.15, 0.2) is 48.7 Å². The fourth-order valence-corrected chi connectivity index (χ4v) is 3.88. The molecule has 1 aliphatic carbocycles. The number of rotatable bonds is 5. The van der Waals surface area contributed by atoms with Crippen LogP contribution in [0.1, 0.15) is 61.9 Å². The maximum Gasteiger partial charge on any atom is 0.213 e. The van der Waals surface area contributed by atoms with E-state index in [2.05, 4.69) is 19.7 Å². The van der Waals surface area contributed by atoms with Crippen LogP contribution in [0.2, 0.25) is 0 Å². The molecule has 1 fully saturated rings. The van der Waals surface area contributed by atoms with Crippen molar-refractivity contribution >= 4 is 0 Å². The zero-order chi connectivity index (χ0) is 19.5. The molecule has 0 amide bonds. The predicted molar refractivity (Wildman–Crippen MR) is 105 cm³/mol. The lowest BCUT2D eigenvalue weighted by Crippen LogP contribution is -2.25. The first-order valence-electron chi connectivity index (χ1n) is 9.86. The van der Waals surface area contributed by atoms with E-state index in [1.54, 1.807) is 13.1 Å². The van der Waals surface area contributed by atoms with Gasteiger partial charge in [-0.25, -0.2) is 9.37 Å². The van der Waals surface area contributed by atoms with Gasteiger partial charge in [0.05, 0.1) is 0 Å². The second-order valence-corrected chi connectivity index (χ2v) is 7.41. The van der Waals surface area contributed by atoms with Crippen molar-refractivity contribution in [3.8, 4) is 11.6 Å². The summed E-state index contributed by atoms with van der Waals surface area (Å²) in [6.45, 7) is 3.51. The molecule has 1 atom stereocenters. The summed E-state index contributed by atoms with van der Waals surface area (Å²) in [4.78, 5) is 4.25. The van der Waals surface area contributed by atoms with E-state index < -0.39 is 6.17 Å². The fourth-order valence-electron chi connectivity index (χ4n) is 3.88. The molecule has 0 N–H and O–H groups in total. The molecule has 0 saturated heterocycles. The Bertz CT molecular complexity index is 900. The fraction of sp³-hybridized carbons (Fsp3) is 0.409. The van der Waals surface area contributed by atoms with Crippen LogP contribution in [0.25, 0.3) is 5.69 Å². The van der Waals surface area contributed by atoms with Crippen LogP contribution in [0.4, 0.5) is 4.39 Å². The quantitative estimate of drug-likeness (QED) is 0.617. The summed E-state index contributed by atoms with van der Waals surface area (Å²) in [6.07, 6.45) is 4.89. The lowest BCUT2D eigenvalue weighted by molar-refractivity contribution is 0.139. The molecule has 0 aliphatic heterocycles. The van der Waals surface area contributed by atoms with Gasteiger partial charge in [-0.2, -0.15) is 0 Å². The van der Waals surface area contributed by atoms with Crippen molar-refractivity contribution in [2.24, 2.45) is 0 Å². The first-order chi connectivity index (χ1) is 13.6. The predicted octanol–water partition coefficient (Wildman–Crippen LogP) is 5.11. The minimum atomic E-state index is -0.968. The van der Waals surface area contributed by atoms with Crippen molar-refractivity contribution < 1.29 is 9.13 Å². The Morgan fingerprint density at radius 3 is 2.43 bits per heavy atom. The van der Waals surface area contributed by atoms with Crippen molar-refractivity contribution in [2.45, 2.75) is 57.7 Å². The second kappa shape index (κ2) is 8.09. The van der Waals surface area contributed by atoms with Gasteiger partial charge in [0, 0.05) is 23.9 Å². The van der Waals surface area contributed by atoms with E-state index in [4.69, 9.17) is 4.74 Å². The van der Waals surface area contributed by atoms with E-state index in [1.807, 2.05) is 49.4 Å². The van der Waals surface area contributed by atoms with E-state index in [1.165, 1.54) is 0 Å². The molecule has 5 nitrogen and oxygen atoms in total. The standard InChI is InChI=1S/C22H25FN4O/c1-15(23)17-6-10-19(11-7-17)27-16(2)25-26-22(27)18-8-12-20(13-9-18)28-21-5-3-4-14-24-21/h3-7,10-11,14-15,18,20H,8-9,12-13H2,1-2H3/t15?,18-,20-. The van der Waals surface area contributed by atoms with Gasteiger partial charge >= 0.3 is 0 Å². The summed E-state index contributed by atoms with van der Waals surface area (Å²) >= 11 is 0. The molecule has 1 saturated carbocycles. The van der Waals surface area contributed by atoms with Gasteiger partial charge in [-0.3, -0.25) is 4.57 Å². The van der Waals surface area contributed by atoms with Crippen molar-refractivity contribution in [3.63, 3.8) is 0 Å². The number of aromatic nitrogens is 4. The molecule has 3 aromatic rings. The van der Waals surface area contributed by atoms with Gasteiger partial charge in [0.15, 0.2) is 0 Å². The highest BCUT2D eigenvalue weighted by Crippen LogP contribution is 2.35. The van der Waals surface area contributed by atoms with Crippen molar-refractivity contribution in [2.75, 3.05) is 0 Å². The Kier molecular flexibility index (Phi) is 5.37. The van der Waals surface area contributed by atoms with Crippen LogP contribution in [-0.4, -0.2) is 25.9 Å². The smallest absolute Gasteiger partial charge is 0.213 e. The molecular weight excluding hydrogens is 355 g/mol. The average Bonchev–Trinajstić information content (AvgIpc) is 3.11. The normalized spacial score (nSPS) is 20.7. The summed E-state index contributed by atoms with van der Waals surface area (Å²) in [7, 11) is 0. The van der Waals surface area contributed by atoms with Crippen molar-refractivity contribution in [1.29, 1.82) is 0 Å². The third-order valence-corrected chi connectivity index (χ3v) is 5.43. The number of hydrogen-bond donors (Lipinski definition) is 0. The number of benzene rings is 1. The maximum absolute atomic E-state index is 13.5. The van der Waals surface area contributed by atoms with E-state index >= 15 is 0 Å². The molecule has 0 spiro atoms. The molecule has 1 aromatic carbocycles. The molecule has 0 radical (unpaired) electrons. The maximum atomic E-state index is 13.5. The van der Waals surface area contributed by atoms with Crippen LogP contribution in [0, 0.1) is 6.92 Å². The van der Waals surface area contributed by atoms with Crippen LogP contribution >= 0.6 is 0 Å².